The van der Waals surface area contributed by atoms with Crippen LogP contribution in [0.4, 0.5) is 5.82 Å². The van der Waals surface area contributed by atoms with Crippen LogP contribution in [0.2, 0.25) is 10.0 Å². The minimum Gasteiger partial charge on any atom is -0.354 e. The number of nitrogens with zero attached hydrogens (tertiary/aromatic N) is 3. The Bertz CT molecular complexity index is 792. The summed E-state index contributed by atoms with van der Waals surface area (Å²) in [4.78, 5) is 6.45. The van der Waals surface area contributed by atoms with E-state index in [9.17, 15) is 8.42 Å². The van der Waals surface area contributed by atoms with Gasteiger partial charge in [0.25, 0.3) is 0 Å². The summed E-state index contributed by atoms with van der Waals surface area (Å²) in [5, 5.41) is 0.554. The average Bonchev–Trinajstić information content (AvgIpc) is 2.55. The fraction of sp³-hybridized carbons (Fsp3) is 0.267. The van der Waals surface area contributed by atoms with Crippen LogP contribution in [0.15, 0.2) is 47.5 Å². The first-order valence-corrected chi connectivity index (χ1v) is 9.29. The molecule has 1 fully saturated rings. The molecule has 1 aromatic heterocycles. The molecule has 0 bridgehead atoms. The van der Waals surface area contributed by atoms with Crippen LogP contribution in [-0.4, -0.2) is 43.9 Å². The largest absolute Gasteiger partial charge is 0.354 e. The molecule has 1 aliphatic rings. The fourth-order valence-electron chi connectivity index (χ4n) is 2.52. The number of pyridine rings is 1. The van der Waals surface area contributed by atoms with Gasteiger partial charge in [0.1, 0.15) is 10.7 Å². The standard InChI is InChI=1S/C15H15Cl2N3O2S/c16-12-4-5-14(13(17)11-12)23(21,22)20-9-7-19(8-10-20)15-3-1-2-6-18-15/h1-6,11H,7-10H2. The van der Waals surface area contributed by atoms with Gasteiger partial charge in [0, 0.05) is 37.4 Å². The third-order valence-corrected chi connectivity index (χ3v) is 6.34. The molecule has 0 N–H and O–H groups in total. The molecule has 122 valence electrons. The maximum atomic E-state index is 12.7. The summed E-state index contributed by atoms with van der Waals surface area (Å²) < 4.78 is 26.9. The lowest BCUT2D eigenvalue weighted by Gasteiger charge is -2.34. The molecule has 0 amide bonds. The maximum Gasteiger partial charge on any atom is 0.244 e. The Morgan fingerprint density at radius 3 is 2.35 bits per heavy atom. The molecule has 1 aliphatic heterocycles. The predicted molar refractivity (Wildman–Crippen MR) is 91.7 cm³/mol. The highest BCUT2D eigenvalue weighted by molar-refractivity contribution is 7.89. The minimum atomic E-state index is -3.62. The number of hydrogen-bond acceptors (Lipinski definition) is 4. The quantitative estimate of drug-likeness (QED) is 0.832. The third-order valence-electron chi connectivity index (χ3n) is 3.72. The zero-order valence-corrected chi connectivity index (χ0v) is 14.5. The number of hydrogen-bond donors (Lipinski definition) is 0. The van der Waals surface area contributed by atoms with Crippen molar-refractivity contribution in [3.63, 3.8) is 0 Å². The molecule has 8 heteroatoms. The Morgan fingerprint density at radius 2 is 1.74 bits per heavy atom. The average molecular weight is 372 g/mol. The van der Waals surface area contributed by atoms with Crippen LogP contribution in [0.3, 0.4) is 0 Å². The smallest absolute Gasteiger partial charge is 0.244 e. The van der Waals surface area contributed by atoms with Gasteiger partial charge in [0.05, 0.1) is 5.02 Å². The Hall–Kier alpha value is -1.34. The van der Waals surface area contributed by atoms with Gasteiger partial charge in [-0.25, -0.2) is 13.4 Å². The Kier molecular flexibility index (Phi) is 4.77. The summed E-state index contributed by atoms with van der Waals surface area (Å²) >= 11 is 11.9. The SMILES string of the molecule is O=S(=O)(c1ccc(Cl)cc1Cl)N1CCN(c2ccccn2)CC1. The summed E-state index contributed by atoms with van der Waals surface area (Å²) in [5.74, 6) is 0.856. The Labute approximate surface area is 145 Å². The summed E-state index contributed by atoms with van der Waals surface area (Å²) in [7, 11) is -3.62. The highest BCUT2D eigenvalue weighted by Gasteiger charge is 2.30. The fourth-order valence-corrected chi connectivity index (χ4v) is 4.69. The first kappa shape index (κ1) is 16.5. The summed E-state index contributed by atoms with van der Waals surface area (Å²) in [6.45, 7) is 1.94. The van der Waals surface area contributed by atoms with Gasteiger partial charge in [-0.05, 0) is 30.3 Å². The van der Waals surface area contributed by atoms with Gasteiger partial charge < -0.3 is 4.90 Å². The van der Waals surface area contributed by atoms with Gasteiger partial charge in [0.15, 0.2) is 0 Å². The normalized spacial score (nSPS) is 16.5. The molecule has 1 aromatic carbocycles. The predicted octanol–water partition coefficient (Wildman–Crippen LogP) is 2.90. The number of rotatable bonds is 3. The van der Waals surface area contributed by atoms with Gasteiger partial charge in [-0.1, -0.05) is 29.3 Å². The number of anilines is 1. The van der Waals surface area contributed by atoms with Gasteiger partial charge in [-0.15, -0.1) is 0 Å². The Balaban J connectivity index is 1.76. The second-order valence-electron chi connectivity index (χ2n) is 5.15. The topological polar surface area (TPSA) is 53.5 Å². The van der Waals surface area contributed by atoms with Crippen LogP contribution in [0.25, 0.3) is 0 Å². The van der Waals surface area contributed by atoms with Gasteiger partial charge in [0.2, 0.25) is 10.0 Å². The first-order valence-electron chi connectivity index (χ1n) is 7.10. The zero-order chi connectivity index (χ0) is 16.4. The van der Waals surface area contributed by atoms with E-state index in [1.165, 1.54) is 22.5 Å². The molecule has 2 aromatic rings. The molecular weight excluding hydrogens is 357 g/mol. The van der Waals surface area contributed by atoms with Crippen molar-refractivity contribution in [1.82, 2.24) is 9.29 Å². The number of benzene rings is 1. The van der Waals surface area contributed by atoms with Crippen molar-refractivity contribution in [3.8, 4) is 0 Å². The van der Waals surface area contributed by atoms with Crippen LogP contribution in [-0.2, 0) is 10.0 Å². The molecule has 0 saturated carbocycles. The lowest BCUT2D eigenvalue weighted by Crippen LogP contribution is -2.48. The van der Waals surface area contributed by atoms with Crippen LogP contribution in [0.5, 0.6) is 0 Å². The van der Waals surface area contributed by atoms with Gasteiger partial charge in [-0.2, -0.15) is 4.31 Å². The van der Waals surface area contributed by atoms with Crippen molar-refractivity contribution < 1.29 is 8.42 Å². The van der Waals surface area contributed by atoms with Crippen LogP contribution < -0.4 is 4.90 Å². The maximum absolute atomic E-state index is 12.7. The minimum absolute atomic E-state index is 0.0925. The van der Waals surface area contributed by atoms with Crippen molar-refractivity contribution >= 4 is 39.0 Å². The molecule has 0 spiro atoms. The van der Waals surface area contributed by atoms with Gasteiger partial charge >= 0.3 is 0 Å². The van der Waals surface area contributed by atoms with E-state index in [2.05, 4.69) is 9.88 Å². The van der Waals surface area contributed by atoms with E-state index in [0.717, 1.165) is 5.82 Å². The lowest BCUT2D eigenvalue weighted by atomic mass is 10.3. The number of aromatic nitrogens is 1. The molecule has 0 aliphatic carbocycles. The monoisotopic (exact) mass is 371 g/mol. The summed E-state index contributed by atoms with van der Waals surface area (Å²) in [5.41, 5.74) is 0. The molecule has 2 heterocycles. The van der Waals surface area contributed by atoms with Crippen molar-refractivity contribution in [3.05, 3.63) is 52.6 Å². The van der Waals surface area contributed by atoms with E-state index in [-0.39, 0.29) is 9.92 Å². The summed E-state index contributed by atoms with van der Waals surface area (Å²) in [6, 6.07) is 10.1. The van der Waals surface area contributed by atoms with Crippen molar-refractivity contribution in [2.75, 3.05) is 31.1 Å². The van der Waals surface area contributed by atoms with E-state index in [1.54, 1.807) is 6.20 Å². The highest BCUT2D eigenvalue weighted by Crippen LogP contribution is 2.28. The molecule has 23 heavy (non-hydrogen) atoms. The second kappa shape index (κ2) is 6.65. The van der Waals surface area contributed by atoms with E-state index in [4.69, 9.17) is 23.2 Å². The molecule has 0 radical (unpaired) electrons. The third kappa shape index (κ3) is 3.45. The zero-order valence-electron chi connectivity index (χ0n) is 12.2. The first-order chi connectivity index (χ1) is 11.0. The molecule has 0 unspecified atom stereocenters. The van der Waals surface area contributed by atoms with E-state index in [1.807, 2.05) is 18.2 Å². The summed E-state index contributed by atoms with van der Waals surface area (Å²) in [6.07, 6.45) is 1.73. The van der Waals surface area contributed by atoms with Crippen LogP contribution in [0, 0.1) is 0 Å². The van der Waals surface area contributed by atoms with E-state index >= 15 is 0 Å². The van der Waals surface area contributed by atoms with Crippen molar-refractivity contribution in [1.29, 1.82) is 0 Å². The highest BCUT2D eigenvalue weighted by atomic mass is 35.5. The molecule has 3 rings (SSSR count). The molecule has 1 saturated heterocycles. The molecule has 0 atom stereocenters. The number of sulfonamides is 1. The van der Waals surface area contributed by atoms with Gasteiger partial charge in [-0.3, -0.25) is 0 Å². The van der Waals surface area contributed by atoms with Crippen molar-refractivity contribution in [2.45, 2.75) is 4.90 Å². The van der Waals surface area contributed by atoms with E-state index < -0.39 is 10.0 Å². The molecule has 5 nitrogen and oxygen atoms in total. The molecular formula is C15H15Cl2N3O2S. The number of halogens is 2. The van der Waals surface area contributed by atoms with Crippen LogP contribution in [0.1, 0.15) is 0 Å². The lowest BCUT2D eigenvalue weighted by molar-refractivity contribution is 0.384. The Morgan fingerprint density at radius 1 is 1.00 bits per heavy atom. The van der Waals surface area contributed by atoms with Crippen molar-refractivity contribution in [2.24, 2.45) is 0 Å². The van der Waals surface area contributed by atoms with E-state index in [0.29, 0.717) is 31.2 Å². The number of piperazine rings is 1. The second-order valence-corrected chi connectivity index (χ2v) is 7.90. The van der Waals surface area contributed by atoms with Crippen LogP contribution >= 0.6 is 23.2 Å².